The number of sulfonamides is 1. The number of imidazole rings is 1. The van der Waals surface area contributed by atoms with Gasteiger partial charge in [-0.15, -0.1) is 0 Å². The van der Waals surface area contributed by atoms with Gasteiger partial charge in [0, 0.05) is 31.2 Å². The Hall–Kier alpha value is -1.86. The van der Waals surface area contributed by atoms with E-state index in [0.717, 1.165) is 6.54 Å². The van der Waals surface area contributed by atoms with Crippen molar-refractivity contribution in [2.24, 2.45) is 0 Å². The van der Waals surface area contributed by atoms with Gasteiger partial charge in [0.05, 0.1) is 11.2 Å². The maximum absolute atomic E-state index is 12.4. The maximum atomic E-state index is 12.4. The van der Waals surface area contributed by atoms with Crippen molar-refractivity contribution in [2.75, 3.05) is 12.3 Å². The second-order valence-electron chi connectivity index (χ2n) is 5.04. The maximum Gasteiger partial charge on any atom is 0.241 e. The second kappa shape index (κ2) is 6.28. The zero-order chi connectivity index (χ0) is 15.5. The molecule has 0 aliphatic carbocycles. The van der Waals surface area contributed by atoms with E-state index in [0.29, 0.717) is 34.7 Å². The summed E-state index contributed by atoms with van der Waals surface area (Å²) in [7, 11) is -3.51. The number of aryl methyl sites for hydroxylation is 3. The van der Waals surface area contributed by atoms with Crippen LogP contribution in [0, 0.1) is 13.8 Å². The Morgan fingerprint density at radius 3 is 2.52 bits per heavy atom. The molecule has 0 fully saturated rings. The first-order valence-corrected chi connectivity index (χ1v) is 8.20. The van der Waals surface area contributed by atoms with Crippen LogP contribution in [0.1, 0.15) is 17.5 Å². The molecule has 0 bridgehead atoms. The summed E-state index contributed by atoms with van der Waals surface area (Å²) in [4.78, 5) is 4.26. The molecular weight excluding hydrogens is 288 g/mol. The monoisotopic (exact) mass is 308 g/mol. The Morgan fingerprint density at radius 2 is 1.95 bits per heavy atom. The molecule has 0 unspecified atom stereocenters. The molecule has 0 atom stereocenters. The third-order valence-electron chi connectivity index (χ3n) is 3.20. The zero-order valence-corrected chi connectivity index (χ0v) is 13.0. The summed E-state index contributed by atoms with van der Waals surface area (Å²) in [6, 6.07) is 3.35. The predicted octanol–water partition coefficient (Wildman–Crippen LogP) is 1.45. The van der Waals surface area contributed by atoms with Gasteiger partial charge in [0.1, 0.15) is 0 Å². The minimum Gasteiger partial charge on any atom is -0.399 e. The lowest BCUT2D eigenvalue weighted by atomic mass is 10.1. The Kier molecular flexibility index (Phi) is 4.64. The second-order valence-corrected chi connectivity index (χ2v) is 6.74. The van der Waals surface area contributed by atoms with Gasteiger partial charge in [0.2, 0.25) is 10.0 Å². The van der Waals surface area contributed by atoms with Crippen LogP contribution in [-0.4, -0.2) is 24.5 Å². The van der Waals surface area contributed by atoms with Gasteiger partial charge in [-0.25, -0.2) is 18.1 Å². The van der Waals surface area contributed by atoms with Gasteiger partial charge in [-0.05, 0) is 43.5 Å². The number of nitrogens with zero attached hydrogens (tertiary/aromatic N) is 2. The fourth-order valence-electron chi connectivity index (χ4n) is 2.37. The number of hydrogen-bond acceptors (Lipinski definition) is 4. The number of nitrogens with two attached hydrogens (primary N) is 1. The number of nitrogen functional groups attached to an aromatic ring is 1. The van der Waals surface area contributed by atoms with Gasteiger partial charge in [0.15, 0.2) is 0 Å². The highest BCUT2D eigenvalue weighted by Crippen LogP contribution is 2.22. The van der Waals surface area contributed by atoms with E-state index in [1.165, 1.54) is 0 Å². The summed E-state index contributed by atoms with van der Waals surface area (Å²) in [6.07, 6.45) is 5.96. The number of nitrogens with one attached hydrogen (secondary N) is 1. The molecular formula is C14H20N4O2S. The number of anilines is 1. The van der Waals surface area contributed by atoms with E-state index in [1.54, 1.807) is 38.5 Å². The number of hydrogen-bond donors (Lipinski definition) is 2. The molecule has 0 aliphatic rings. The van der Waals surface area contributed by atoms with Crippen LogP contribution in [0.2, 0.25) is 0 Å². The van der Waals surface area contributed by atoms with Gasteiger partial charge in [-0.3, -0.25) is 0 Å². The average molecular weight is 308 g/mol. The van der Waals surface area contributed by atoms with Crippen LogP contribution in [0.4, 0.5) is 5.69 Å². The van der Waals surface area contributed by atoms with Crippen molar-refractivity contribution in [1.82, 2.24) is 14.3 Å². The van der Waals surface area contributed by atoms with Crippen molar-refractivity contribution in [1.29, 1.82) is 0 Å². The first kappa shape index (κ1) is 15.5. The van der Waals surface area contributed by atoms with E-state index in [-0.39, 0.29) is 0 Å². The van der Waals surface area contributed by atoms with E-state index in [1.807, 2.05) is 10.8 Å². The summed E-state index contributed by atoms with van der Waals surface area (Å²) >= 11 is 0. The van der Waals surface area contributed by atoms with Crippen LogP contribution in [-0.2, 0) is 16.6 Å². The minimum atomic E-state index is -3.51. The van der Waals surface area contributed by atoms with Gasteiger partial charge in [0.25, 0.3) is 0 Å². The van der Waals surface area contributed by atoms with Crippen molar-refractivity contribution in [3.05, 3.63) is 42.0 Å². The predicted molar refractivity (Wildman–Crippen MR) is 82.4 cm³/mol. The van der Waals surface area contributed by atoms with Crippen LogP contribution in [0.5, 0.6) is 0 Å². The molecule has 7 heteroatoms. The largest absolute Gasteiger partial charge is 0.399 e. The number of benzene rings is 1. The summed E-state index contributed by atoms with van der Waals surface area (Å²) in [5, 5.41) is 0. The third-order valence-corrected chi connectivity index (χ3v) is 4.96. The molecule has 0 spiro atoms. The molecule has 1 aromatic carbocycles. The highest BCUT2D eigenvalue weighted by molar-refractivity contribution is 7.89. The van der Waals surface area contributed by atoms with Gasteiger partial charge in [-0.1, -0.05) is 0 Å². The minimum absolute atomic E-state index is 0.319. The Bertz CT molecular complexity index is 686. The van der Waals surface area contributed by atoms with Crippen LogP contribution in [0.25, 0.3) is 0 Å². The average Bonchev–Trinajstić information content (AvgIpc) is 2.86. The molecule has 2 aromatic rings. The summed E-state index contributed by atoms with van der Waals surface area (Å²) < 4.78 is 29.3. The fourth-order valence-corrected chi connectivity index (χ4v) is 3.89. The Balaban J connectivity index is 2.02. The third kappa shape index (κ3) is 3.83. The lowest BCUT2D eigenvalue weighted by Gasteiger charge is -2.13. The Labute approximate surface area is 125 Å². The van der Waals surface area contributed by atoms with Crippen LogP contribution >= 0.6 is 0 Å². The molecule has 0 radical (unpaired) electrons. The summed E-state index contributed by atoms with van der Waals surface area (Å²) in [6.45, 7) is 4.61. The van der Waals surface area contributed by atoms with Crippen molar-refractivity contribution in [3.8, 4) is 0 Å². The Morgan fingerprint density at radius 1 is 1.29 bits per heavy atom. The topological polar surface area (TPSA) is 90.0 Å². The smallest absolute Gasteiger partial charge is 0.241 e. The van der Waals surface area contributed by atoms with Crippen LogP contribution in [0.15, 0.2) is 35.7 Å². The van der Waals surface area contributed by atoms with Crippen LogP contribution in [0.3, 0.4) is 0 Å². The fraction of sp³-hybridized carbons (Fsp3) is 0.357. The first-order chi connectivity index (χ1) is 9.90. The summed E-state index contributed by atoms with van der Waals surface area (Å²) in [5.74, 6) is 0. The molecule has 6 nitrogen and oxygen atoms in total. The van der Waals surface area contributed by atoms with Gasteiger partial charge < -0.3 is 10.3 Å². The zero-order valence-electron chi connectivity index (χ0n) is 12.2. The SMILES string of the molecule is Cc1cc(N)cc(C)c1S(=O)(=O)NCCCn1ccnc1. The van der Waals surface area contributed by atoms with E-state index >= 15 is 0 Å². The standard InChI is InChI=1S/C14H20N4O2S/c1-11-8-13(15)9-12(2)14(11)21(19,20)17-4-3-6-18-7-5-16-10-18/h5,7-10,17H,3-4,6,15H2,1-2H3. The molecule has 0 saturated carbocycles. The van der Waals surface area contributed by atoms with Crippen molar-refractivity contribution in [2.45, 2.75) is 31.7 Å². The molecule has 21 heavy (non-hydrogen) atoms. The molecule has 3 N–H and O–H groups in total. The molecule has 0 aliphatic heterocycles. The first-order valence-electron chi connectivity index (χ1n) is 6.72. The highest BCUT2D eigenvalue weighted by atomic mass is 32.2. The highest BCUT2D eigenvalue weighted by Gasteiger charge is 2.19. The van der Waals surface area contributed by atoms with Crippen molar-refractivity contribution < 1.29 is 8.42 Å². The van der Waals surface area contributed by atoms with E-state index in [2.05, 4.69) is 9.71 Å². The van der Waals surface area contributed by atoms with E-state index in [4.69, 9.17) is 5.73 Å². The lowest BCUT2D eigenvalue weighted by Crippen LogP contribution is -2.27. The number of rotatable bonds is 6. The van der Waals surface area contributed by atoms with Crippen molar-refractivity contribution in [3.63, 3.8) is 0 Å². The van der Waals surface area contributed by atoms with Crippen LogP contribution < -0.4 is 10.5 Å². The van der Waals surface area contributed by atoms with E-state index in [9.17, 15) is 8.42 Å². The van der Waals surface area contributed by atoms with Gasteiger partial charge >= 0.3 is 0 Å². The van der Waals surface area contributed by atoms with Crippen molar-refractivity contribution >= 4 is 15.7 Å². The molecule has 0 amide bonds. The normalized spacial score (nSPS) is 11.7. The van der Waals surface area contributed by atoms with Gasteiger partial charge in [-0.2, -0.15) is 0 Å². The molecule has 0 saturated heterocycles. The lowest BCUT2D eigenvalue weighted by molar-refractivity contribution is 0.568. The molecule has 1 heterocycles. The summed E-state index contributed by atoms with van der Waals surface area (Å²) in [5.41, 5.74) is 7.62. The molecule has 2 rings (SSSR count). The van der Waals surface area contributed by atoms with E-state index < -0.39 is 10.0 Å². The molecule has 1 aromatic heterocycles. The quantitative estimate of drug-likeness (QED) is 0.624. The molecule has 114 valence electrons. The number of aromatic nitrogens is 2.